The fraction of sp³-hybridized carbons (Fsp3) is 0.462. The molecule has 1 aromatic heterocycles. The van der Waals surface area contributed by atoms with Crippen LogP contribution in [-0.4, -0.2) is 35.3 Å². The van der Waals surface area contributed by atoms with E-state index in [4.69, 9.17) is 15.2 Å². The van der Waals surface area contributed by atoms with Crippen molar-refractivity contribution in [3.63, 3.8) is 0 Å². The number of nitrogen functional groups attached to an aromatic ring is 1. The minimum Gasteiger partial charge on any atom is -0.478 e. The van der Waals surface area contributed by atoms with E-state index in [2.05, 4.69) is 27.1 Å². The summed E-state index contributed by atoms with van der Waals surface area (Å²) < 4.78 is 9.99. The second kappa shape index (κ2) is 6.61. The quantitative estimate of drug-likeness (QED) is 0.781. The number of nitrogens with zero attached hydrogens (tertiary/aromatic N) is 2. The van der Waals surface area contributed by atoms with Crippen molar-refractivity contribution in [3.8, 4) is 17.7 Å². The van der Waals surface area contributed by atoms with Gasteiger partial charge < -0.3 is 20.5 Å². The highest BCUT2D eigenvalue weighted by atomic mass is 16.6. The Morgan fingerprint density at radius 3 is 2.80 bits per heavy atom. The molecule has 0 aliphatic heterocycles. The van der Waals surface area contributed by atoms with Crippen LogP contribution in [0.2, 0.25) is 0 Å². The first-order valence-electron chi connectivity index (χ1n) is 5.94. The van der Waals surface area contributed by atoms with E-state index in [1.54, 1.807) is 20.8 Å². The number of rotatable bonds is 2. The van der Waals surface area contributed by atoms with Gasteiger partial charge >= 0.3 is 6.09 Å². The number of hydrogen-bond acceptors (Lipinski definition) is 6. The summed E-state index contributed by atoms with van der Waals surface area (Å²) in [6.45, 7) is 5.50. The Hall–Kier alpha value is -2.49. The van der Waals surface area contributed by atoms with Gasteiger partial charge in [0.2, 0.25) is 0 Å². The predicted molar refractivity (Wildman–Crippen MR) is 74.1 cm³/mol. The molecular weight excluding hydrogens is 260 g/mol. The molecular formula is C13H18N4O3. The van der Waals surface area contributed by atoms with E-state index in [0.29, 0.717) is 5.69 Å². The number of aromatic nitrogens is 2. The van der Waals surface area contributed by atoms with Gasteiger partial charge in [0, 0.05) is 0 Å². The van der Waals surface area contributed by atoms with Crippen LogP contribution in [0.1, 0.15) is 26.5 Å². The van der Waals surface area contributed by atoms with Crippen LogP contribution in [0, 0.1) is 11.8 Å². The first-order chi connectivity index (χ1) is 9.31. The number of nitrogens with two attached hydrogens (primary N) is 1. The molecule has 1 amide bonds. The Balaban J connectivity index is 2.53. The van der Waals surface area contributed by atoms with Crippen LogP contribution in [0.4, 0.5) is 10.6 Å². The highest BCUT2D eigenvalue weighted by molar-refractivity contribution is 5.68. The molecule has 3 N–H and O–H groups in total. The lowest BCUT2D eigenvalue weighted by atomic mass is 10.2. The molecule has 1 rings (SSSR count). The van der Waals surface area contributed by atoms with Crippen molar-refractivity contribution in [2.45, 2.75) is 26.4 Å². The summed E-state index contributed by atoms with van der Waals surface area (Å²) >= 11 is 0. The van der Waals surface area contributed by atoms with Crippen LogP contribution >= 0.6 is 0 Å². The molecule has 1 aromatic rings. The molecule has 0 radical (unpaired) electrons. The lowest BCUT2D eigenvalue weighted by molar-refractivity contribution is 0.0535. The Morgan fingerprint density at radius 2 is 2.20 bits per heavy atom. The lowest BCUT2D eigenvalue weighted by Crippen LogP contribution is -2.32. The van der Waals surface area contributed by atoms with Gasteiger partial charge in [0.25, 0.3) is 5.88 Å². The molecule has 108 valence electrons. The molecule has 0 unspecified atom stereocenters. The third kappa shape index (κ3) is 5.44. The molecule has 0 aliphatic rings. The van der Waals surface area contributed by atoms with E-state index in [-0.39, 0.29) is 18.2 Å². The van der Waals surface area contributed by atoms with Crippen LogP contribution < -0.4 is 15.8 Å². The monoisotopic (exact) mass is 278 g/mol. The first-order valence-corrected chi connectivity index (χ1v) is 5.94. The molecule has 0 atom stereocenters. The van der Waals surface area contributed by atoms with Gasteiger partial charge in [0.1, 0.15) is 11.3 Å². The van der Waals surface area contributed by atoms with Gasteiger partial charge in [-0.2, -0.15) is 4.98 Å². The minimum atomic E-state index is -0.534. The standard InChI is InChI=1S/C13H18N4O3/c1-13(2,3)20-12(18)15-7-5-6-9-8-16-10(14)11(17-9)19-4/h8H,7H2,1-4H3,(H2,14,16)(H,15,18). The summed E-state index contributed by atoms with van der Waals surface area (Å²) in [5.74, 6) is 5.88. The van der Waals surface area contributed by atoms with Crippen molar-refractivity contribution in [1.82, 2.24) is 15.3 Å². The largest absolute Gasteiger partial charge is 0.478 e. The van der Waals surface area contributed by atoms with Crippen LogP contribution in [-0.2, 0) is 4.74 Å². The zero-order valence-electron chi connectivity index (χ0n) is 12.0. The summed E-state index contributed by atoms with van der Waals surface area (Å²) in [6.07, 6.45) is 0.908. The summed E-state index contributed by atoms with van der Waals surface area (Å²) in [5, 5.41) is 2.51. The zero-order valence-corrected chi connectivity index (χ0v) is 12.0. The normalized spacial score (nSPS) is 10.2. The van der Waals surface area contributed by atoms with Crippen molar-refractivity contribution < 1.29 is 14.3 Å². The second-order valence-corrected chi connectivity index (χ2v) is 4.81. The van der Waals surface area contributed by atoms with Gasteiger partial charge in [0.05, 0.1) is 19.9 Å². The molecule has 0 saturated carbocycles. The lowest BCUT2D eigenvalue weighted by Gasteiger charge is -2.18. The smallest absolute Gasteiger partial charge is 0.408 e. The van der Waals surface area contributed by atoms with Crippen LogP contribution in [0.3, 0.4) is 0 Å². The third-order valence-corrected chi connectivity index (χ3v) is 1.90. The van der Waals surface area contributed by atoms with E-state index in [1.807, 2.05) is 0 Å². The van der Waals surface area contributed by atoms with Crippen LogP contribution in [0.5, 0.6) is 5.88 Å². The van der Waals surface area contributed by atoms with Crippen molar-refractivity contribution in [3.05, 3.63) is 11.9 Å². The van der Waals surface area contributed by atoms with E-state index >= 15 is 0 Å². The van der Waals surface area contributed by atoms with Crippen molar-refractivity contribution in [2.75, 3.05) is 19.4 Å². The molecule has 1 heterocycles. The zero-order chi connectivity index (χ0) is 15.2. The van der Waals surface area contributed by atoms with E-state index < -0.39 is 11.7 Å². The van der Waals surface area contributed by atoms with Gasteiger partial charge in [0.15, 0.2) is 5.82 Å². The fourth-order valence-electron chi connectivity index (χ4n) is 1.16. The topological polar surface area (TPSA) is 99.4 Å². The second-order valence-electron chi connectivity index (χ2n) is 4.81. The van der Waals surface area contributed by atoms with E-state index in [0.717, 1.165) is 0 Å². The number of ether oxygens (including phenoxy) is 2. The summed E-state index contributed by atoms with van der Waals surface area (Å²) in [4.78, 5) is 19.3. The van der Waals surface area contributed by atoms with E-state index in [9.17, 15) is 4.79 Å². The van der Waals surface area contributed by atoms with Crippen molar-refractivity contribution in [1.29, 1.82) is 0 Å². The molecule has 0 fully saturated rings. The Bertz CT molecular complexity index is 541. The maximum Gasteiger partial charge on any atom is 0.408 e. The maximum absolute atomic E-state index is 11.3. The van der Waals surface area contributed by atoms with Crippen LogP contribution in [0.15, 0.2) is 6.20 Å². The summed E-state index contributed by atoms with van der Waals surface area (Å²) in [7, 11) is 1.45. The number of hydrogen-bond donors (Lipinski definition) is 2. The highest BCUT2D eigenvalue weighted by Gasteiger charge is 2.15. The Labute approximate surface area is 117 Å². The molecule has 0 aliphatic carbocycles. The highest BCUT2D eigenvalue weighted by Crippen LogP contribution is 2.13. The number of anilines is 1. The molecule has 0 aromatic carbocycles. The van der Waals surface area contributed by atoms with Gasteiger partial charge in [-0.25, -0.2) is 9.78 Å². The fourth-order valence-corrected chi connectivity index (χ4v) is 1.16. The Kier molecular flexibility index (Phi) is 5.15. The SMILES string of the molecule is COc1nc(C#CCNC(=O)OC(C)(C)C)cnc1N. The maximum atomic E-state index is 11.3. The van der Waals surface area contributed by atoms with Gasteiger partial charge in [-0.1, -0.05) is 5.92 Å². The molecule has 0 saturated heterocycles. The predicted octanol–water partition coefficient (Wildman–Crippen LogP) is 0.944. The van der Waals surface area contributed by atoms with Crippen molar-refractivity contribution in [2.24, 2.45) is 0 Å². The summed E-state index contributed by atoms with van der Waals surface area (Å²) in [5.41, 5.74) is 5.40. The van der Waals surface area contributed by atoms with Crippen molar-refractivity contribution >= 4 is 11.9 Å². The van der Waals surface area contributed by atoms with Gasteiger partial charge in [-0.3, -0.25) is 0 Å². The Morgan fingerprint density at radius 1 is 1.50 bits per heavy atom. The number of alkyl carbamates (subject to hydrolysis) is 1. The first kappa shape index (κ1) is 15.6. The van der Waals surface area contributed by atoms with Crippen LogP contribution in [0.25, 0.3) is 0 Å². The molecule has 0 spiro atoms. The molecule has 20 heavy (non-hydrogen) atoms. The summed E-state index contributed by atoms with van der Waals surface area (Å²) in [6, 6.07) is 0. The average Bonchev–Trinajstić information content (AvgIpc) is 2.34. The van der Waals surface area contributed by atoms with Gasteiger partial charge in [-0.15, -0.1) is 0 Å². The molecule has 7 heteroatoms. The number of amides is 1. The van der Waals surface area contributed by atoms with E-state index in [1.165, 1.54) is 13.3 Å². The number of carbonyl (C=O) groups excluding carboxylic acids is 1. The average molecular weight is 278 g/mol. The van der Waals surface area contributed by atoms with Gasteiger partial charge in [-0.05, 0) is 26.7 Å². The number of carbonyl (C=O) groups is 1. The number of methoxy groups -OCH3 is 1. The minimum absolute atomic E-state index is 0.142. The third-order valence-electron chi connectivity index (χ3n) is 1.90. The molecule has 0 bridgehead atoms. The molecule has 7 nitrogen and oxygen atoms in total. The number of nitrogens with one attached hydrogen (secondary N) is 1.